The maximum atomic E-state index is 12.7. The van der Waals surface area contributed by atoms with Gasteiger partial charge in [0.05, 0.1) is 0 Å². The highest BCUT2D eigenvalue weighted by atomic mass is 16.2. The molecule has 3 rings (SSSR count). The average Bonchev–Trinajstić information content (AvgIpc) is 2.44. The molecule has 2 heterocycles. The molecule has 110 valence electrons. The van der Waals surface area contributed by atoms with Gasteiger partial charge in [-0.3, -0.25) is 9.59 Å². The predicted octanol–water partition coefficient (Wildman–Crippen LogP) is 2.65. The van der Waals surface area contributed by atoms with Gasteiger partial charge in [-0.05, 0) is 35.8 Å². The van der Waals surface area contributed by atoms with Crippen LogP contribution in [0.25, 0.3) is 10.9 Å². The number of aromatic nitrogens is 1. The molecule has 0 aliphatic carbocycles. The summed E-state index contributed by atoms with van der Waals surface area (Å²) < 4.78 is 0. The van der Waals surface area contributed by atoms with Crippen LogP contribution in [-0.2, 0) is 0 Å². The van der Waals surface area contributed by atoms with E-state index in [-0.39, 0.29) is 17.0 Å². The summed E-state index contributed by atoms with van der Waals surface area (Å²) in [6, 6.07) is 9.23. The molecule has 4 nitrogen and oxygen atoms in total. The number of nitrogens with zero attached hydrogens (tertiary/aromatic N) is 1. The number of fused-ring (bicyclic) bond motifs is 1. The molecule has 21 heavy (non-hydrogen) atoms. The Balaban J connectivity index is 1.97. The van der Waals surface area contributed by atoms with E-state index in [9.17, 15) is 9.59 Å². The Morgan fingerprint density at radius 3 is 2.57 bits per heavy atom. The van der Waals surface area contributed by atoms with Gasteiger partial charge in [0, 0.05) is 18.6 Å². The molecular weight excluding hydrogens is 264 g/mol. The zero-order valence-electron chi connectivity index (χ0n) is 12.4. The molecule has 1 aliphatic rings. The number of carbonyl (C=O) groups excluding carboxylic acids is 1. The first-order chi connectivity index (χ1) is 10.0. The zero-order valence-corrected chi connectivity index (χ0v) is 12.4. The highest BCUT2D eigenvalue weighted by Crippen LogP contribution is 2.22. The number of benzene rings is 1. The number of H-pyrrole nitrogens is 1. The number of amides is 1. The van der Waals surface area contributed by atoms with Gasteiger partial charge >= 0.3 is 0 Å². The summed E-state index contributed by atoms with van der Waals surface area (Å²) in [5.74, 6) is 0.815. The van der Waals surface area contributed by atoms with E-state index in [4.69, 9.17) is 0 Å². The number of piperidine rings is 1. The Labute approximate surface area is 123 Å². The number of likely N-dealkylation sites (tertiary alicyclic amines) is 1. The van der Waals surface area contributed by atoms with Gasteiger partial charge in [0.2, 0.25) is 0 Å². The summed E-state index contributed by atoms with van der Waals surface area (Å²) in [4.78, 5) is 29.5. The van der Waals surface area contributed by atoms with Crippen LogP contribution in [0.1, 0.15) is 30.6 Å². The van der Waals surface area contributed by atoms with E-state index < -0.39 is 0 Å². The number of hydrogen-bond donors (Lipinski definition) is 1. The van der Waals surface area contributed by atoms with Crippen molar-refractivity contribution in [3.8, 4) is 0 Å². The molecule has 2 aromatic rings. The topological polar surface area (TPSA) is 53.2 Å². The Kier molecular flexibility index (Phi) is 3.53. The molecule has 1 aromatic carbocycles. The summed E-state index contributed by atoms with van der Waals surface area (Å²) >= 11 is 0. The second kappa shape index (κ2) is 5.35. The van der Waals surface area contributed by atoms with Crippen molar-refractivity contribution in [1.82, 2.24) is 9.88 Å². The highest BCUT2D eigenvalue weighted by Gasteiger charge is 2.27. The number of carbonyl (C=O) groups is 1. The van der Waals surface area contributed by atoms with E-state index in [2.05, 4.69) is 18.8 Å². The molecule has 1 amide bonds. The Bertz CT molecular complexity index is 725. The van der Waals surface area contributed by atoms with Crippen molar-refractivity contribution in [3.05, 3.63) is 46.2 Å². The predicted molar refractivity (Wildman–Crippen MR) is 83.4 cm³/mol. The number of pyridine rings is 1. The smallest absolute Gasteiger partial charge is 0.261 e. The molecule has 0 saturated carbocycles. The first kappa shape index (κ1) is 13.9. The normalized spacial score (nSPS) is 22.5. The molecule has 1 aliphatic heterocycles. The zero-order chi connectivity index (χ0) is 15.0. The molecule has 1 N–H and O–H groups in total. The van der Waals surface area contributed by atoms with Gasteiger partial charge in [0.1, 0.15) is 5.56 Å². The fourth-order valence-corrected chi connectivity index (χ4v) is 3.31. The maximum absolute atomic E-state index is 12.7. The Hall–Kier alpha value is -2.10. The lowest BCUT2D eigenvalue weighted by molar-refractivity contribution is 0.0621. The molecular formula is C17H20N2O2. The van der Waals surface area contributed by atoms with Crippen molar-refractivity contribution in [2.24, 2.45) is 11.8 Å². The van der Waals surface area contributed by atoms with Gasteiger partial charge in [-0.15, -0.1) is 0 Å². The molecule has 0 spiro atoms. The molecule has 2 atom stereocenters. The second-order valence-electron chi connectivity index (χ2n) is 6.26. The van der Waals surface area contributed by atoms with Crippen molar-refractivity contribution >= 4 is 16.8 Å². The molecule has 4 heteroatoms. The van der Waals surface area contributed by atoms with E-state index in [1.807, 2.05) is 29.2 Å². The SMILES string of the molecule is CC1CC(C)CN(C(=O)c2cc3ccccc3[nH]c2=O)C1. The van der Waals surface area contributed by atoms with Crippen LogP contribution in [0.15, 0.2) is 35.1 Å². The van der Waals surface area contributed by atoms with Crippen LogP contribution in [0.5, 0.6) is 0 Å². The Morgan fingerprint density at radius 2 is 1.86 bits per heavy atom. The second-order valence-corrected chi connectivity index (χ2v) is 6.26. The largest absolute Gasteiger partial charge is 0.338 e. The lowest BCUT2D eigenvalue weighted by atomic mass is 9.91. The van der Waals surface area contributed by atoms with E-state index in [0.29, 0.717) is 11.8 Å². The van der Waals surface area contributed by atoms with Gasteiger partial charge in [0.15, 0.2) is 0 Å². The van der Waals surface area contributed by atoms with E-state index in [1.165, 1.54) is 0 Å². The lowest BCUT2D eigenvalue weighted by Crippen LogP contribution is -2.44. The standard InChI is InChI=1S/C17H20N2O2/c1-11-7-12(2)10-19(9-11)17(21)14-8-13-5-3-4-6-15(13)18-16(14)20/h3-6,8,11-12H,7,9-10H2,1-2H3,(H,18,20). The maximum Gasteiger partial charge on any atom is 0.261 e. The van der Waals surface area contributed by atoms with Crippen LogP contribution in [-0.4, -0.2) is 28.9 Å². The van der Waals surface area contributed by atoms with Crippen LogP contribution in [0.2, 0.25) is 0 Å². The fraction of sp³-hybridized carbons (Fsp3) is 0.412. The minimum absolute atomic E-state index is 0.152. The quantitative estimate of drug-likeness (QED) is 0.875. The van der Waals surface area contributed by atoms with E-state index in [1.54, 1.807) is 6.07 Å². The van der Waals surface area contributed by atoms with Crippen molar-refractivity contribution in [3.63, 3.8) is 0 Å². The van der Waals surface area contributed by atoms with E-state index in [0.717, 1.165) is 30.4 Å². The van der Waals surface area contributed by atoms with Crippen LogP contribution in [0, 0.1) is 11.8 Å². The first-order valence-corrected chi connectivity index (χ1v) is 7.46. The van der Waals surface area contributed by atoms with Crippen LogP contribution >= 0.6 is 0 Å². The lowest BCUT2D eigenvalue weighted by Gasteiger charge is -2.34. The number of aromatic amines is 1. The monoisotopic (exact) mass is 284 g/mol. The van der Waals surface area contributed by atoms with Crippen molar-refractivity contribution in [2.75, 3.05) is 13.1 Å². The summed E-state index contributed by atoms with van der Waals surface area (Å²) in [7, 11) is 0. The summed E-state index contributed by atoms with van der Waals surface area (Å²) in [6.45, 7) is 5.77. The molecule has 0 bridgehead atoms. The number of nitrogens with one attached hydrogen (secondary N) is 1. The van der Waals surface area contributed by atoms with Crippen LogP contribution in [0.3, 0.4) is 0 Å². The first-order valence-electron chi connectivity index (χ1n) is 7.46. The molecule has 1 aromatic heterocycles. The minimum Gasteiger partial charge on any atom is -0.338 e. The highest BCUT2D eigenvalue weighted by molar-refractivity contribution is 5.97. The van der Waals surface area contributed by atoms with Crippen LogP contribution < -0.4 is 5.56 Å². The van der Waals surface area contributed by atoms with Crippen LogP contribution in [0.4, 0.5) is 0 Å². The van der Waals surface area contributed by atoms with Crippen molar-refractivity contribution in [2.45, 2.75) is 20.3 Å². The summed E-state index contributed by atoms with van der Waals surface area (Å²) in [5, 5.41) is 0.888. The molecule has 0 radical (unpaired) electrons. The Morgan fingerprint density at radius 1 is 1.19 bits per heavy atom. The third-order valence-corrected chi connectivity index (χ3v) is 4.14. The third-order valence-electron chi connectivity index (χ3n) is 4.14. The van der Waals surface area contributed by atoms with Gasteiger partial charge in [-0.1, -0.05) is 32.0 Å². The summed E-state index contributed by atoms with van der Waals surface area (Å²) in [5.41, 5.74) is 0.707. The van der Waals surface area contributed by atoms with Gasteiger partial charge in [-0.2, -0.15) is 0 Å². The van der Waals surface area contributed by atoms with E-state index >= 15 is 0 Å². The van der Waals surface area contributed by atoms with Gasteiger partial charge < -0.3 is 9.88 Å². The van der Waals surface area contributed by atoms with Gasteiger partial charge in [-0.25, -0.2) is 0 Å². The minimum atomic E-state index is -0.301. The summed E-state index contributed by atoms with van der Waals surface area (Å²) in [6.07, 6.45) is 1.14. The van der Waals surface area contributed by atoms with Crippen molar-refractivity contribution < 1.29 is 4.79 Å². The number of hydrogen-bond acceptors (Lipinski definition) is 2. The molecule has 1 fully saturated rings. The third kappa shape index (κ3) is 2.71. The van der Waals surface area contributed by atoms with Crippen molar-refractivity contribution in [1.29, 1.82) is 0 Å². The molecule has 1 saturated heterocycles. The van der Waals surface area contributed by atoms with Gasteiger partial charge in [0.25, 0.3) is 11.5 Å². The fourth-order valence-electron chi connectivity index (χ4n) is 3.31. The number of para-hydroxylation sites is 1. The average molecular weight is 284 g/mol. The number of rotatable bonds is 1. The molecule has 2 unspecified atom stereocenters.